The predicted octanol–water partition coefficient (Wildman–Crippen LogP) is 4.23. The maximum atomic E-state index is 12.0. The molecule has 2 N–H and O–H groups in total. The van der Waals surface area contributed by atoms with E-state index in [0.717, 1.165) is 23.2 Å². The molecular weight excluding hydrogens is 346 g/mol. The van der Waals surface area contributed by atoms with Crippen molar-refractivity contribution < 1.29 is 9.59 Å². The van der Waals surface area contributed by atoms with Crippen molar-refractivity contribution in [3.63, 3.8) is 0 Å². The second kappa shape index (κ2) is 8.94. The minimum Gasteiger partial charge on any atom is -0.347 e. The van der Waals surface area contributed by atoms with Gasteiger partial charge >= 0.3 is 0 Å². The van der Waals surface area contributed by atoms with Crippen molar-refractivity contribution in [2.24, 2.45) is 5.92 Å². The van der Waals surface area contributed by atoms with Crippen LogP contribution in [0.3, 0.4) is 0 Å². The summed E-state index contributed by atoms with van der Waals surface area (Å²) in [5.74, 6) is 0.109. The first kappa shape index (κ1) is 20.1. The molecule has 2 amide bonds. The van der Waals surface area contributed by atoms with Crippen LogP contribution in [0.2, 0.25) is 0 Å². The number of thiazole rings is 1. The summed E-state index contributed by atoms with van der Waals surface area (Å²) >= 11 is 1.38. The fourth-order valence-electron chi connectivity index (χ4n) is 2.54. The molecule has 0 atom stereocenters. The maximum Gasteiger partial charge on any atom is 0.245 e. The third-order valence-corrected chi connectivity index (χ3v) is 5.02. The molecule has 0 saturated heterocycles. The molecule has 0 saturated carbocycles. The van der Waals surface area contributed by atoms with Crippen LogP contribution in [0, 0.1) is 26.7 Å². The zero-order valence-electron chi connectivity index (χ0n) is 16.1. The molecule has 0 aliphatic rings. The van der Waals surface area contributed by atoms with Crippen molar-refractivity contribution >= 4 is 28.3 Å². The molecule has 0 spiro atoms. The monoisotopic (exact) mass is 373 g/mol. The first-order valence-corrected chi connectivity index (χ1v) is 9.74. The molecule has 0 aliphatic heterocycles. The Morgan fingerprint density at radius 3 is 2.46 bits per heavy atom. The van der Waals surface area contributed by atoms with Crippen molar-refractivity contribution in [3.05, 3.63) is 34.2 Å². The topological polar surface area (TPSA) is 71.1 Å². The highest BCUT2D eigenvalue weighted by atomic mass is 32.1. The molecular formula is C20H27N3O2S. The molecule has 0 fully saturated rings. The quantitative estimate of drug-likeness (QED) is 0.763. The second-order valence-corrected chi connectivity index (χ2v) is 7.90. The Labute approximate surface area is 159 Å². The lowest BCUT2D eigenvalue weighted by Crippen LogP contribution is -2.32. The van der Waals surface area contributed by atoms with E-state index in [1.54, 1.807) is 0 Å². The number of carbonyl (C=O) groups is 2. The smallest absolute Gasteiger partial charge is 0.245 e. The molecule has 2 rings (SSSR count). The summed E-state index contributed by atoms with van der Waals surface area (Å²) in [6.07, 6.45) is 1.26. The standard InChI is InChI=1S/C20H27N3O2S/c1-12(2)6-7-18(24)21-10-19(25)23-20-22-17(11-26-20)16-9-14(4)13(3)8-15(16)5/h8-9,11-12H,6-7,10H2,1-5H3,(H,21,24)(H,22,23,25). The van der Waals surface area contributed by atoms with Crippen molar-refractivity contribution in [3.8, 4) is 11.3 Å². The van der Waals surface area contributed by atoms with Crippen molar-refractivity contribution in [1.82, 2.24) is 10.3 Å². The molecule has 0 aliphatic carbocycles. The van der Waals surface area contributed by atoms with Gasteiger partial charge in [0.2, 0.25) is 11.8 Å². The van der Waals surface area contributed by atoms with E-state index in [1.165, 1.54) is 22.5 Å². The molecule has 5 nitrogen and oxygen atoms in total. The van der Waals surface area contributed by atoms with Crippen LogP contribution < -0.4 is 10.6 Å². The Kier molecular flexibility index (Phi) is 6.91. The van der Waals surface area contributed by atoms with Gasteiger partial charge in [-0.15, -0.1) is 11.3 Å². The number of rotatable bonds is 7. The van der Waals surface area contributed by atoms with Crippen LogP contribution in [0.5, 0.6) is 0 Å². The number of benzene rings is 1. The van der Waals surface area contributed by atoms with Gasteiger partial charge in [-0.2, -0.15) is 0 Å². The lowest BCUT2D eigenvalue weighted by molar-refractivity contribution is -0.124. The van der Waals surface area contributed by atoms with E-state index in [4.69, 9.17) is 0 Å². The molecule has 1 aromatic heterocycles. The van der Waals surface area contributed by atoms with Crippen molar-refractivity contribution in [2.45, 2.75) is 47.5 Å². The van der Waals surface area contributed by atoms with Gasteiger partial charge in [-0.05, 0) is 55.9 Å². The van der Waals surface area contributed by atoms with Crippen LogP contribution >= 0.6 is 11.3 Å². The summed E-state index contributed by atoms with van der Waals surface area (Å²) in [6.45, 7) is 10.3. The summed E-state index contributed by atoms with van der Waals surface area (Å²) in [5, 5.41) is 7.88. The van der Waals surface area contributed by atoms with E-state index in [9.17, 15) is 9.59 Å². The number of aromatic nitrogens is 1. The van der Waals surface area contributed by atoms with Gasteiger partial charge in [0.05, 0.1) is 12.2 Å². The highest BCUT2D eigenvalue weighted by molar-refractivity contribution is 7.14. The summed E-state index contributed by atoms with van der Waals surface area (Å²) in [7, 11) is 0. The van der Waals surface area contributed by atoms with Gasteiger partial charge in [0, 0.05) is 17.4 Å². The molecule has 0 radical (unpaired) electrons. The van der Waals surface area contributed by atoms with E-state index >= 15 is 0 Å². The number of hydrogen-bond acceptors (Lipinski definition) is 4. The van der Waals surface area contributed by atoms with Gasteiger partial charge in [-0.25, -0.2) is 4.98 Å². The molecule has 2 aromatic rings. The van der Waals surface area contributed by atoms with Crippen molar-refractivity contribution in [2.75, 3.05) is 11.9 Å². The predicted molar refractivity (Wildman–Crippen MR) is 107 cm³/mol. The summed E-state index contributed by atoms with van der Waals surface area (Å²) in [5.41, 5.74) is 5.56. The average molecular weight is 374 g/mol. The minimum absolute atomic E-state index is 0.0332. The van der Waals surface area contributed by atoms with Gasteiger partial charge in [0.1, 0.15) is 0 Å². The second-order valence-electron chi connectivity index (χ2n) is 7.05. The SMILES string of the molecule is Cc1cc(C)c(-c2csc(NC(=O)CNC(=O)CCC(C)C)n2)cc1C. The van der Waals surface area contributed by atoms with Gasteiger partial charge in [-0.3, -0.25) is 9.59 Å². The molecule has 0 bridgehead atoms. The highest BCUT2D eigenvalue weighted by Gasteiger charge is 2.12. The minimum atomic E-state index is -0.263. The Hall–Kier alpha value is -2.21. The fraction of sp³-hybridized carbons (Fsp3) is 0.450. The van der Waals surface area contributed by atoms with Gasteiger partial charge in [0.25, 0.3) is 0 Å². The van der Waals surface area contributed by atoms with Crippen LogP contribution in [0.15, 0.2) is 17.5 Å². The molecule has 140 valence electrons. The third kappa shape index (κ3) is 5.66. The van der Waals surface area contributed by atoms with Crippen LogP contribution in [-0.4, -0.2) is 23.3 Å². The number of carbonyl (C=O) groups excluding carboxylic acids is 2. The number of nitrogens with one attached hydrogen (secondary N) is 2. The van der Waals surface area contributed by atoms with Crippen molar-refractivity contribution in [1.29, 1.82) is 0 Å². The average Bonchev–Trinajstić information content (AvgIpc) is 3.02. The lowest BCUT2D eigenvalue weighted by atomic mass is 9.99. The molecule has 0 unspecified atom stereocenters. The molecule has 26 heavy (non-hydrogen) atoms. The Morgan fingerprint density at radius 1 is 1.08 bits per heavy atom. The fourth-order valence-corrected chi connectivity index (χ4v) is 3.27. The normalized spacial score (nSPS) is 10.8. The van der Waals surface area contributed by atoms with E-state index in [-0.39, 0.29) is 18.4 Å². The lowest BCUT2D eigenvalue weighted by Gasteiger charge is -2.08. The first-order valence-electron chi connectivity index (χ1n) is 8.86. The Balaban J connectivity index is 1.93. The number of anilines is 1. The zero-order chi connectivity index (χ0) is 19.3. The first-order chi connectivity index (χ1) is 12.3. The zero-order valence-corrected chi connectivity index (χ0v) is 16.9. The third-order valence-electron chi connectivity index (χ3n) is 4.26. The molecule has 1 heterocycles. The Bertz CT molecular complexity index is 796. The van der Waals surface area contributed by atoms with E-state index in [1.807, 2.05) is 5.38 Å². The van der Waals surface area contributed by atoms with Crippen LogP contribution in [0.1, 0.15) is 43.4 Å². The summed E-state index contributed by atoms with van der Waals surface area (Å²) in [4.78, 5) is 28.2. The molecule has 1 aromatic carbocycles. The summed E-state index contributed by atoms with van der Waals surface area (Å²) in [6, 6.07) is 4.27. The summed E-state index contributed by atoms with van der Waals surface area (Å²) < 4.78 is 0. The van der Waals surface area contributed by atoms with Crippen LogP contribution in [-0.2, 0) is 9.59 Å². The largest absolute Gasteiger partial charge is 0.347 e. The number of aryl methyl sites for hydroxylation is 3. The number of nitrogens with zero attached hydrogens (tertiary/aromatic N) is 1. The Morgan fingerprint density at radius 2 is 1.77 bits per heavy atom. The van der Waals surface area contributed by atoms with Crippen LogP contribution in [0.25, 0.3) is 11.3 Å². The van der Waals surface area contributed by atoms with E-state index in [2.05, 4.69) is 62.4 Å². The number of hydrogen-bond donors (Lipinski definition) is 2. The number of amides is 2. The van der Waals surface area contributed by atoms with E-state index in [0.29, 0.717) is 17.5 Å². The van der Waals surface area contributed by atoms with Gasteiger partial charge in [0.15, 0.2) is 5.13 Å². The van der Waals surface area contributed by atoms with Crippen LogP contribution in [0.4, 0.5) is 5.13 Å². The maximum absolute atomic E-state index is 12.0. The van der Waals surface area contributed by atoms with Gasteiger partial charge < -0.3 is 10.6 Å². The molecule has 6 heteroatoms. The van der Waals surface area contributed by atoms with Gasteiger partial charge in [-0.1, -0.05) is 19.9 Å². The highest BCUT2D eigenvalue weighted by Crippen LogP contribution is 2.29. The van der Waals surface area contributed by atoms with E-state index < -0.39 is 0 Å².